The number of aryl methyl sites for hydroxylation is 1. The van der Waals surface area contributed by atoms with Gasteiger partial charge in [0.15, 0.2) is 11.5 Å². The first-order valence-corrected chi connectivity index (χ1v) is 12.1. The predicted molar refractivity (Wildman–Crippen MR) is 135 cm³/mol. The molecule has 0 spiro atoms. The minimum atomic E-state index is -0.936. The van der Waals surface area contributed by atoms with Crippen molar-refractivity contribution in [2.24, 2.45) is 10.9 Å². The van der Waals surface area contributed by atoms with Crippen LogP contribution in [0.4, 0.5) is 9.18 Å². The third-order valence-corrected chi connectivity index (χ3v) is 6.58. The third-order valence-electron chi connectivity index (χ3n) is 6.58. The predicted octanol–water partition coefficient (Wildman–Crippen LogP) is 5.18. The quantitative estimate of drug-likeness (QED) is 0.436. The van der Waals surface area contributed by atoms with Crippen molar-refractivity contribution in [3.05, 3.63) is 94.8 Å². The summed E-state index contributed by atoms with van der Waals surface area (Å²) in [6, 6.07) is 18.7. The highest BCUT2D eigenvalue weighted by molar-refractivity contribution is 6.09. The van der Waals surface area contributed by atoms with Crippen LogP contribution in [-0.2, 0) is 16.0 Å². The van der Waals surface area contributed by atoms with E-state index in [2.05, 4.69) is 16.4 Å². The lowest BCUT2D eigenvalue weighted by atomic mass is 9.85. The molecule has 2 amide bonds. The fourth-order valence-electron chi connectivity index (χ4n) is 4.62. The molecule has 2 aliphatic rings. The Morgan fingerprint density at radius 3 is 2.71 bits per heavy atom. The van der Waals surface area contributed by atoms with E-state index in [1.54, 1.807) is 31.2 Å². The van der Waals surface area contributed by atoms with E-state index in [-0.39, 0.29) is 6.79 Å². The summed E-state index contributed by atoms with van der Waals surface area (Å²) in [6.07, 6.45) is 0.142. The van der Waals surface area contributed by atoms with Gasteiger partial charge in [-0.05, 0) is 72.9 Å². The van der Waals surface area contributed by atoms with E-state index in [1.807, 2.05) is 18.2 Å². The van der Waals surface area contributed by atoms with E-state index >= 15 is 0 Å². The molecule has 2 aliphatic heterocycles. The molecule has 0 saturated carbocycles. The van der Waals surface area contributed by atoms with Crippen molar-refractivity contribution < 1.29 is 28.2 Å². The SMILES string of the molecule is CC(OC(=O)C1C(CCc2ccc3c(c2)OCO3)=NC(=O)NC1c1ccc(F)cc1)c1cccc(C#N)c1. The summed E-state index contributed by atoms with van der Waals surface area (Å²) in [4.78, 5) is 30.4. The molecule has 3 unspecified atom stereocenters. The Kier molecular flexibility index (Phi) is 7.05. The summed E-state index contributed by atoms with van der Waals surface area (Å²) >= 11 is 0. The second-order valence-electron chi connectivity index (χ2n) is 9.06. The Balaban J connectivity index is 1.42. The number of rotatable bonds is 7. The number of carbonyl (C=O) groups excluding carboxylic acids is 2. The smallest absolute Gasteiger partial charge is 0.341 e. The van der Waals surface area contributed by atoms with Gasteiger partial charge in [0.25, 0.3) is 0 Å². The Bertz CT molecular complexity index is 1450. The summed E-state index contributed by atoms with van der Waals surface area (Å²) in [5, 5.41) is 12.0. The van der Waals surface area contributed by atoms with Crippen LogP contribution in [0.15, 0.2) is 71.7 Å². The van der Waals surface area contributed by atoms with E-state index in [0.29, 0.717) is 46.7 Å². The van der Waals surface area contributed by atoms with Crippen LogP contribution in [0, 0.1) is 23.1 Å². The van der Waals surface area contributed by atoms with Crippen LogP contribution in [0.25, 0.3) is 0 Å². The average molecular weight is 514 g/mol. The second kappa shape index (κ2) is 10.7. The monoisotopic (exact) mass is 513 g/mol. The Morgan fingerprint density at radius 2 is 1.92 bits per heavy atom. The van der Waals surface area contributed by atoms with Crippen LogP contribution in [-0.4, -0.2) is 24.5 Å². The standard InChI is InChI=1S/C29H24FN3O5/c1-17(21-4-2-3-19(13-21)15-31)38-28(34)26-23(11-5-18-6-12-24-25(14-18)37-16-36-24)32-29(35)33-27(26)20-7-9-22(30)10-8-20/h2-4,6-10,12-14,17,26-27H,5,11,16H2,1H3,(H,33,35). The molecule has 5 rings (SSSR count). The molecule has 3 atom stereocenters. The molecular formula is C29H24FN3O5. The number of ether oxygens (including phenoxy) is 3. The summed E-state index contributed by atoms with van der Waals surface area (Å²) < 4.78 is 30.3. The van der Waals surface area contributed by atoms with Crippen molar-refractivity contribution in [1.29, 1.82) is 5.26 Å². The van der Waals surface area contributed by atoms with Crippen LogP contribution in [0.2, 0.25) is 0 Å². The van der Waals surface area contributed by atoms with Crippen molar-refractivity contribution in [3.63, 3.8) is 0 Å². The molecule has 3 aromatic rings. The zero-order valence-electron chi connectivity index (χ0n) is 20.5. The van der Waals surface area contributed by atoms with Gasteiger partial charge in [0.2, 0.25) is 6.79 Å². The molecule has 38 heavy (non-hydrogen) atoms. The highest BCUT2D eigenvalue weighted by Gasteiger charge is 2.40. The number of hydrogen-bond acceptors (Lipinski definition) is 6. The van der Waals surface area contributed by atoms with Crippen LogP contribution in [0.3, 0.4) is 0 Å². The van der Waals surface area contributed by atoms with Crippen LogP contribution >= 0.6 is 0 Å². The number of fused-ring (bicyclic) bond motifs is 1. The third kappa shape index (κ3) is 5.34. The van der Waals surface area contributed by atoms with Crippen LogP contribution < -0.4 is 14.8 Å². The lowest BCUT2D eigenvalue weighted by molar-refractivity contribution is -0.152. The Morgan fingerprint density at radius 1 is 1.13 bits per heavy atom. The molecular weight excluding hydrogens is 489 g/mol. The number of urea groups is 1. The van der Waals surface area contributed by atoms with Crippen LogP contribution in [0.1, 0.15) is 47.7 Å². The van der Waals surface area contributed by atoms with Crippen molar-refractivity contribution in [2.75, 3.05) is 6.79 Å². The van der Waals surface area contributed by atoms with Gasteiger partial charge >= 0.3 is 12.0 Å². The zero-order valence-corrected chi connectivity index (χ0v) is 20.5. The van der Waals surface area contributed by atoms with Gasteiger partial charge in [0, 0.05) is 5.71 Å². The molecule has 1 N–H and O–H groups in total. The molecule has 0 aromatic heterocycles. The number of amides is 2. The number of carbonyl (C=O) groups is 2. The lowest BCUT2D eigenvalue weighted by Crippen LogP contribution is -2.45. The molecule has 0 bridgehead atoms. The minimum absolute atomic E-state index is 0.161. The molecule has 8 nitrogen and oxygen atoms in total. The number of aliphatic imine (C=N–C) groups is 1. The Hall–Kier alpha value is -4.71. The van der Waals surface area contributed by atoms with Gasteiger partial charge in [-0.2, -0.15) is 5.26 Å². The molecule has 3 aromatic carbocycles. The highest BCUT2D eigenvalue weighted by atomic mass is 19.1. The summed E-state index contributed by atoms with van der Waals surface area (Å²) in [5.41, 5.74) is 2.95. The number of esters is 1. The number of benzene rings is 3. The Labute approximate surface area is 218 Å². The second-order valence-corrected chi connectivity index (χ2v) is 9.06. The number of nitrogens with one attached hydrogen (secondary N) is 1. The van der Waals surface area contributed by atoms with Gasteiger partial charge in [-0.1, -0.05) is 30.3 Å². The number of halogens is 1. The number of hydrogen-bond donors (Lipinski definition) is 1. The van der Waals surface area contributed by atoms with Crippen molar-refractivity contribution in [3.8, 4) is 17.6 Å². The topological polar surface area (TPSA) is 110 Å². The van der Waals surface area contributed by atoms with Crippen molar-refractivity contribution in [1.82, 2.24) is 5.32 Å². The highest BCUT2D eigenvalue weighted by Crippen LogP contribution is 2.34. The van der Waals surface area contributed by atoms with E-state index in [4.69, 9.17) is 14.2 Å². The van der Waals surface area contributed by atoms with E-state index < -0.39 is 35.9 Å². The molecule has 0 aliphatic carbocycles. The maximum atomic E-state index is 13.6. The maximum absolute atomic E-state index is 13.6. The fraction of sp³-hybridized carbons (Fsp3) is 0.241. The molecule has 2 heterocycles. The normalized spacial score (nSPS) is 18.7. The van der Waals surface area contributed by atoms with Crippen LogP contribution in [0.5, 0.6) is 11.5 Å². The lowest BCUT2D eigenvalue weighted by Gasteiger charge is -2.32. The summed E-state index contributed by atoms with van der Waals surface area (Å²) in [6.45, 7) is 1.88. The molecule has 0 saturated heterocycles. The number of nitriles is 1. The summed E-state index contributed by atoms with van der Waals surface area (Å²) in [5.74, 6) is -0.653. The molecule has 9 heteroatoms. The van der Waals surface area contributed by atoms with E-state index in [0.717, 1.165) is 5.56 Å². The minimum Gasteiger partial charge on any atom is -0.457 e. The van der Waals surface area contributed by atoms with E-state index in [9.17, 15) is 19.2 Å². The number of nitrogens with zero attached hydrogens (tertiary/aromatic N) is 2. The first kappa shape index (κ1) is 25.0. The maximum Gasteiger partial charge on any atom is 0.341 e. The fourth-order valence-corrected chi connectivity index (χ4v) is 4.62. The summed E-state index contributed by atoms with van der Waals surface area (Å²) in [7, 11) is 0. The van der Waals surface area contributed by atoms with Gasteiger partial charge < -0.3 is 19.5 Å². The van der Waals surface area contributed by atoms with Gasteiger partial charge in [-0.25, -0.2) is 14.2 Å². The largest absolute Gasteiger partial charge is 0.457 e. The average Bonchev–Trinajstić information content (AvgIpc) is 3.40. The first-order valence-electron chi connectivity index (χ1n) is 12.1. The zero-order chi connectivity index (χ0) is 26.6. The van der Waals surface area contributed by atoms with Gasteiger partial charge in [0.1, 0.15) is 17.8 Å². The van der Waals surface area contributed by atoms with Crippen molar-refractivity contribution in [2.45, 2.75) is 31.9 Å². The van der Waals surface area contributed by atoms with Gasteiger partial charge in [-0.15, -0.1) is 0 Å². The first-order chi connectivity index (χ1) is 18.4. The van der Waals surface area contributed by atoms with E-state index in [1.165, 1.54) is 24.3 Å². The molecule has 0 fully saturated rings. The van der Waals surface area contributed by atoms with Crippen molar-refractivity contribution >= 4 is 17.7 Å². The molecule has 0 radical (unpaired) electrons. The van der Waals surface area contributed by atoms with Gasteiger partial charge in [0.05, 0.1) is 17.7 Å². The van der Waals surface area contributed by atoms with Gasteiger partial charge in [-0.3, -0.25) is 4.79 Å². The molecule has 192 valence electrons.